The van der Waals surface area contributed by atoms with Gasteiger partial charge < -0.3 is 4.90 Å². The summed E-state index contributed by atoms with van der Waals surface area (Å²) in [5, 5.41) is 5.44. The SMILES string of the molecule is Cc1cccc(N2N=C(C(=O)N3CCN(S(=O)(=O)c4ccc(F)c(F)c4F)CC3)CCC2=O)c1. The number of amides is 2. The second kappa shape index (κ2) is 9.18. The largest absolute Gasteiger partial charge is 0.335 e. The highest BCUT2D eigenvalue weighted by Crippen LogP contribution is 2.25. The molecule has 2 amide bonds. The molecule has 1 saturated heterocycles. The van der Waals surface area contributed by atoms with Gasteiger partial charge in [-0.3, -0.25) is 9.59 Å². The fourth-order valence-corrected chi connectivity index (χ4v) is 5.31. The molecular weight excluding hydrogens is 473 g/mol. The predicted octanol–water partition coefficient (Wildman–Crippen LogP) is 2.43. The number of nitrogens with zero attached hydrogens (tertiary/aromatic N) is 4. The number of piperazine rings is 1. The fraction of sp³-hybridized carbons (Fsp3) is 0.318. The van der Waals surface area contributed by atoms with Crippen molar-refractivity contribution in [2.45, 2.75) is 24.7 Å². The van der Waals surface area contributed by atoms with Crippen LogP contribution in [0, 0.1) is 24.4 Å². The average Bonchev–Trinajstić information content (AvgIpc) is 2.82. The van der Waals surface area contributed by atoms with Gasteiger partial charge in [0, 0.05) is 39.0 Å². The van der Waals surface area contributed by atoms with Crippen LogP contribution < -0.4 is 5.01 Å². The van der Waals surface area contributed by atoms with E-state index in [1.807, 2.05) is 13.0 Å². The summed E-state index contributed by atoms with van der Waals surface area (Å²) in [4.78, 5) is 25.8. The van der Waals surface area contributed by atoms with Crippen molar-refractivity contribution in [1.82, 2.24) is 9.21 Å². The van der Waals surface area contributed by atoms with E-state index < -0.39 is 38.3 Å². The zero-order chi connectivity index (χ0) is 24.6. The summed E-state index contributed by atoms with van der Waals surface area (Å²) < 4.78 is 67.2. The van der Waals surface area contributed by atoms with Gasteiger partial charge in [0.25, 0.3) is 5.91 Å². The Labute approximate surface area is 194 Å². The number of hydrogen-bond donors (Lipinski definition) is 0. The lowest BCUT2D eigenvalue weighted by Gasteiger charge is -2.35. The molecule has 180 valence electrons. The van der Waals surface area contributed by atoms with E-state index in [2.05, 4.69) is 5.10 Å². The smallest absolute Gasteiger partial charge is 0.270 e. The van der Waals surface area contributed by atoms with Crippen molar-refractivity contribution < 1.29 is 31.2 Å². The van der Waals surface area contributed by atoms with E-state index in [1.165, 1.54) is 9.91 Å². The lowest BCUT2D eigenvalue weighted by Crippen LogP contribution is -2.52. The molecule has 1 fully saturated rings. The summed E-state index contributed by atoms with van der Waals surface area (Å²) in [6.07, 6.45) is 0.251. The van der Waals surface area contributed by atoms with Crippen molar-refractivity contribution >= 4 is 33.2 Å². The van der Waals surface area contributed by atoms with E-state index in [-0.39, 0.29) is 50.6 Å². The van der Waals surface area contributed by atoms with Crippen molar-refractivity contribution in [3.05, 3.63) is 59.4 Å². The summed E-state index contributed by atoms with van der Waals surface area (Å²) >= 11 is 0. The Kier molecular flexibility index (Phi) is 6.45. The summed E-state index contributed by atoms with van der Waals surface area (Å²) in [5.41, 5.74) is 1.64. The van der Waals surface area contributed by atoms with Crippen molar-refractivity contribution in [3.63, 3.8) is 0 Å². The van der Waals surface area contributed by atoms with Crippen molar-refractivity contribution in [2.75, 3.05) is 31.2 Å². The van der Waals surface area contributed by atoms with Crippen LogP contribution in [0.25, 0.3) is 0 Å². The third-order valence-corrected chi connectivity index (χ3v) is 7.59. The number of hydrogen-bond acceptors (Lipinski definition) is 5. The van der Waals surface area contributed by atoms with Crippen LogP contribution in [-0.2, 0) is 19.6 Å². The minimum absolute atomic E-state index is 0.0131. The number of aryl methyl sites for hydroxylation is 1. The number of hydrazone groups is 1. The van der Waals surface area contributed by atoms with Crippen LogP contribution in [0.2, 0.25) is 0 Å². The van der Waals surface area contributed by atoms with Crippen molar-refractivity contribution in [3.8, 4) is 0 Å². The summed E-state index contributed by atoms with van der Waals surface area (Å²) in [5.74, 6) is -5.81. The quantitative estimate of drug-likeness (QED) is 0.611. The monoisotopic (exact) mass is 494 g/mol. The van der Waals surface area contributed by atoms with Gasteiger partial charge in [-0.15, -0.1) is 0 Å². The maximum absolute atomic E-state index is 14.1. The van der Waals surface area contributed by atoms with E-state index >= 15 is 0 Å². The molecule has 0 bridgehead atoms. The summed E-state index contributed by atoms with van der Waals surface area (Å²) in [6.45, 7) is 1.51. The molecule has 0 spiro atoms. The van der Waals surface area contributed by atoms with Gasteiger partial charge in [-0.1, -0.05) is 12.1 Å². The minimum Gasteiger partial charge on any atom is -0.335 e. The highest BCUT2D eigenvalue weighted by molar-refractivity contribution is 7.89. The van der Waals surface area contributed by atoms with Crippen LogP contribution in [0.15, 0.2) is 46.4 Å². The third-order valence-electron chi connectivity index (χ3n) is 5.67. The minimum atomic E-state index is -4.43. The lowest BCUT2D eigenvalue weighted by molar-refractivity contribution is -0.125. The molecule has 8 nitrogen and oxygen atoms in total. The molecule has 0 N–H and O–H groups in total. The Morgan fingerprint density at radius 3 is 2.35 bits per heavy atom. The van der Waals surface area contributed by atoms with Gasteiger partial charge in [0.15, 0.2) is 17.5 Å². The Hall–Kier alpha value is -3.25. The molecule has 34 heavy (non-hydrogen) atoms. The third kappa shape index (κ3) is 4.42. The molecule has 4 rings (SSSR count). The maximum atomic E-state index is 14.1. The van der Waals surface area contributed by atoms with Gasteiger partial charge in [0.05, 0.1) is 5.69 Å². The maximum Gasteiger partial charge on any atom is 0.270 e. The molecule has 12 heteroatoms. The van der Waals surface area contributed by atoms with Crippen LogP contribution >= 0.6 is 0 Å². The molecule has 0 saturated carbocycles. The van der Waals surface area contributed by atoms with Crippen LogP contribution in [0.1, 0.15) is 18.4 Å². The number of halogens is 3. The molecule has 2 aliphatic heterocycles. The number of rotatable bonds is 4. The van der Waals surface area contributed by atoms with Crippen molar-refractivity contribution in [1.29, 1.82) is 0 Å². The second-order valence-corrected chi connectivity index (χ2v) is 9.87. The molecule has 2 aromatic rings. The molecule has 2 aliphatic rings. The van der Waals surface area contributed by atoms with E-state index in [9.17, 15) is 31.2 Å². The van der Waals surface area contributed by atoms with Crippen LogP contribution in [0.5, 0.6) is 0 Å². The molecule has 2 heterocycles. The highest BCUT2D eigenvalue weighted by Gasteiger charge is 2.35. The summed E-state index contributed by atoms with van der Waals surface area (Å²) in [7, 11) is -4.43. The van der Waals surface area contributed by atoms with E-state index in [4.69, 9.17) is 0 Å². The number of carbonyl (C=O) groups is 2. The summed E-state index contributed by atoms with van der Waals surface area (Å²) in [6, 6.07) is 8.35. The molecule has 0 unspecified atom stereocenters. The average molecular weight is 494 g/mol. The van der Waals surface area contributed by atoms with Crippen molar-refractivity contribution in [2.24, 2.45) is 5.10 Å². The first-order valence-corrected chi connectivity index (χ1v) is 11.9. The van der Waals surface area contributed by atoms with Gasteiger partial charge in [-0.2, -0.15) is 9.41 Å². The standard InChI is InChI=1S/C22H21F3N4O4S/c1-14-3-2-4-15(13-14)29-19(30)8-6-17(26-29)22(31)27-9-11-28(12-10-27)34(32,33)18-7-5-16(23)20(24)21(18)25/h2-5,7,13H,6,8-12H2,1H3. The van der Waals surface area contributed by atoms with Crippen LogP contribution in [0.3, 0.4) is 0 Å². The fourth-order valence-electron chi connectivity index (χ4n) is 3.83. The molecular formula is C22H21F3N4O4S. The zero-order valence-corrected chi connectivity index (χ0v) is 19.0. The molecule has 0 radical (unpaired) electrons. The molecule has 0 atom stereocenters. The molecule has 0 aliphatic carbocycles. The van der Waals surface area contributed by atoms with Gasteiger partial charge in [0.2, 0.25) is 15.9 Å². The molecule has 2 aromatic carbocycles. The number of sulfonamides is 1. The number of benzene rings is 2. The van der Waals surface area contributed by atoms with Gasteiger partial charge >= 0.3 is 0 Å². The van der Waals surface area contributed by atoms with E-state index in [0.717, 1.165) is 9.87 Å². The predicted molar refractivity (Wildman–Crippen MR) is 117 cm³/mol. The van der Waals surface area contributed by atoms with Crippen LogP contribution in [0.4, 0.5) is 18.9 Å². The number of carbonyl (C=O) groups excluding carboxylic acids is 2. The zero-order valence-electron chi connectivity index (χ0n) is 18.2. The number of anilines is 1. The lowest BCUT2D eigenvalue weighted by atomic mass is 10.1. The van der Waals surface area contributed by atoms with E-state index in [0.29, 0.717) is 17.8 Å². The first kappa shape index (κ1) is 23.9. The van der Waals surface area contributed by atoms with Crippen LogP contribution in [-0.4, -0.2) is 61.3 Å². The van der Waals surface area contributed by atoms with Gasteiger partial charge in [0.1, 0.15) is 10.6 Å². The Balaban J connectivity index is 1.48. The Morgan fingerprint density at radius 2 is 1.68 bits per heavy atom. The Morgan fingerprint density at radius 1 is 0.971 bits per heavy atom. The molecule has 0 aromatic heterocycles. The first-order valence-electron chi connectivity index (χ1n) is 10.5. The van der Waals surface area contributed by atoms with Gasteiger partial charge in [-0.05, 0) is 36.8 Å². The Bertz CT molecular complexity index is 1290. The second-order valence-electron chi connectivity index (χ2n) is 7.96. The highest BCUT2D eigenvalue weighted by atomic mass is 32.2. The normalized spacial score (nSPS) is 17.6. The van der Waals surface area contributed by atoms with Gasteiger partial charge in [-0.25, -0.2) is 26.6 Å². The van der Waals surface area contributed by atoms with E-state index in [1.54, 1.807) is 18.2 Å². The topological polar surface area (TPSA) is 90.4 Å². The first-order chi connectivity index (χ1) is 16.1.